The average molecular weight is 1200 g/mol. The van der Waals surface area contributed by atoms with Gasteiger partial charge in [0, 0.05) is 68.9 Å². The molecule has 444 valence electrons. The summed E-state index contributed by atoms with van der Waals surface area (Å²) in [7, 11) is 0. The molecule has 3 spiro atoms. The van der Waals surface area contributed by atoms with E-state index >= 15 is 0 Å². The molecule has 21 rings (SSSR count). The van der Waals surface area contributed by atoms with Crippen molar-refractivity contribution in [3.8, 4) is 66.8 Å². The molecule has 8 aliphatic rings. The second-order valence-electron chi connectivity index (χ2n) is 28.4. The van der Waals surface area contributed by atoms with Crippen LogP contribution in [-0.4, -0.2) is 24.8 Å². The van der Waals surface area contributed by atoms with Gasteiger partial charge in [-0.2, -0.15) is 0 Å². The Morgan fingerprint density at radius 3 is 0.883 bits per heavy atom. The van der Waals surface area contributed by atoms with Crippen LogP contribution in [0.15, 0.2) is 273 Å². The van der Waals surface area contributed by atoms with E-state index in [1.54, 1.807) is 0 Å². The summed E-state index contributed by atoms with van der Waals surface area (Å²) in [4.78, 5) is 8.31. The van der Waals surface area contributed by atoms with Gasteiger partial charge >= 0.3 is 0 Å². The first-order valence-corrected chi connectivity index (χ1v) is 34.1. The van der Waals surface area contributed by atoms with Crippen LogP contribution in [0.5, 0.6) is 0 Å². The van der Waals surface area contributed by atoms with Gasteiger partial charge in [-0.05, 0) is 193 Å². The molecule has 0 atom stereocenters. The van der Waals surface area contributed by atoms with Gasteiger partial charge in [0.05, 0.1) is 16.2 Å². The molecule has 13 aromatic rings. The number of fused-ring (bicyclic) bond motifs is 36. The van der Waals surface area contributed by atoms with Crippen LogP contribution in [-0.2, 0) is 16.2 Å². The third-order valence-corrected chi connectivity index (χ3v) is 23.5. The van der Waals surface area contributed by atoms with Gasteiger partial charge in [0.1, 0.15) is 0 Å². The standard InChI is InChI=1S/C90H66BN3/c1-52(2)92(79-45-25-44-74-82(79)62-32-13-22-41-71(62)88(74)65-35-16-7-26-56(65)57-27-8-17-36-66(57)88)55-50-80-85-81(51-55)94(54(5)6)87-78(49-47-76-84(87)64-34-15-24-43-73(64)90(76)69-39-20-11-30-60(69)61-31-12-21-40-70(61)90)91(85)77-48-46-75-83(86(77)93(80)53(3)4)63-33-14-23-42-72(63)89(75)67-37-18-9-28-58(67)59-29-10-19-38-68(59)89/h7-54H,1-6H3. The topological polar surface area (TPSA) is 9.72 Å². The van der Waals surface area contributed by atoms with Gasteiger partial charge in [-0.15, -0.1) is 0 Å². The van der Waals surface area contributed by atoms with E-state index in [2.05, 4.69) is 329 Å². The van der Waals surface area contributed by atoms with Crippen LogP contribution in [0, 0.1) is 0 Å². The van der Waals surface area contributed by atoms with E-state index in [1.165, 1.54) is 184 Å². The number of hydrogen-bond acceptors (Lipinski definition) is 3. The van der Waals surface area contributed by atoms with Crippen molar-refractivity contribution >= 4 is 57.2 Å². The smallest absolute Gasteiger partial charge is 0.252 e. The molecule has 4 heteroatoms. The zero-order valence-corrected chi connectivity index (χ0v) is 53.6. The highest BCUT2D eigenvalue weighted by molar-refractivity contribution is 7.00. The first kappa shape index (κ1) is 52.9. The molecule has 0 saturated heterocycles. The quantitative estimate of drug-likeness (QED) is 0.159. The van der Waals surface area contributed by atoms with Crippen LogP contribution in [0.3, 0.4) is 0 Å². The van der Waals surface area contributed by atoms with E-state index in [9.17, 15) is 0 Å². The van der Waals surface area contributed by atoms with Crippen molar-refractivity contribution in [2.24, 2.45) is 0 Å². The summed E-state index contributed by atoms with van der Waals surface area (Å²) < 4.78 is 0. The lowest BCUT2D eigenvalue weighted by molar-refractivity contribution is 0.769. The van der Waals surface area contributed by atoms with Gasteiger partial charge < -0.3 is 14.7 Å². The summed E-state index contributed by atoms with van der Waals surface area (Å²) in [6.45, 7) is 14.5. The van der Waals surface area contributed by atoms with Crippen molar-refractivity contribution in [2.75, 3.05) is 14.7 Å². The van der Waals surface area contributed by atoms with Gasteiger partial charge in [-0.1, -0.05) is 255 Å². The highest BCUT2D eigenvalue weighted by atomic mass is 15.2. The van der Waals surface area contributed by atoms with Crippen molar-refractivity contribution in [3.05, 3.63) is 340 Å². The summed E-state index contributed by atoms with van der Waals surface area (Å²) in [5.74, 6) is 0. The molecule has 2 aliphatic heterocycles. The fourth-order valence-corrected chi connectivity index (χ4v) is 20.6. The second kappa shape index (κ2) is 18.3. The summed E-state index contributed by atoms with van der Waals surface area (Å²) in [5, 5.41) is 0. The Balaban J connectivity index is 0.883. The molecule has 0 fully saturated rings. The molecule has 6 aliphatic carbocycles. The lowest BCUT2D eigenvalue weighted by atomic mass is 9.33. The summed E-state index contributed by atoms with van der Waals surface area (Å²) in [6, 6.07) is 107. The summed E-state index contributed by atoms with van der Waals surface area (Å²) in [5.41, 5.74) is 42.5. The molecule has 94 heavy (non-hydrogen) atoms. The Hall–Kier alpha value is -10.7. The lowest BCUT2D eigenvalue weighted by Gasteiger charge is -2.48. The molecular formula is C90H66BN3. The molecule has 0 N–H and O–H groups in total. The Labute approximate surface area is 551 Å². The van der Waals surface area contributed by atoms with E-state index in [0.29, 0.717) is 0 Å². The molecule has 0 radical (unpaired) electrons. The number of benzene rings is 13. The summed E-state index contributed by atoms with van der Waals surface area (Å²) in [6.07, 6.45) is 0. The number of nitrogens with zero attached hydrogens (tertiary/aromatic N) is 3. The Morgan fingerprint density at radius 1 is 0.287 bits per heavy atom. The normalized spacial score (nSPS) is 15.6. The minimum Gasteiger partial charge on any atom is -0.339 e. The monoisotopic (exact) mass is 1200 g/mol. The minimum atomic E-state index is -0.508. The number of anilines is 6. The van der Waals surface area contributed by atoms with E-state index in [0.717, 1.165) is 0 Å². The SMILES string of the molecule is CC(C)N(c1cc2c3c(c1)N(C(C)C)c1c(ccc4c1-c1ccccc1C41c4ccccc4-c4ccccc41)B3c1ccc3c(c1N2C(C)C)-c1ccccc1C31c2ccccc2-c2ccccc21)c1cccc2c1-c1ccccc1C21c2ccccc2-c2ccccc21. The molecule has 0 amide bonds. The molecular weight excluding hydrogens is 1130 g/mol. The van der Waals surface area contributed by atoms with Crippen LogP contribution < -0.4 is 31.1 Å². The number of hydrogen-bond donors (Lipinski definition) is 0. The third-order valence-electron chi connectivity index (χ3n) is 23.5. The molecule has 13 aromatic carbocycles. The predicted octanol–water partition coefficient (Wildman–Crippen LogP) is 19.5. The van der Waals surface area contributed by atoms with E-state index in [-0.39, 0.29) is 24.8 Å². The molecule has 0 aromatic heterocycles. The Kier molecular flexibility index (Phi) is 10.3. The lowest BCUT2D eigenvalue weighted by Crippen LogP contribution is -2.63. The van der Waals surface area contributed by atoms with E-state index < -0.39 is 16.2 Å². The van der Waals surface area contributed by atoms with Gasteiger partial charge in [-0.25, -0.2) is 0 Å². The number of rotatable bonds is 5. The van der Waals surface area contributed by atoms with Crippen LogP contribution in [0.25, 0.3) is 66.8 Å². The second-order valence-corrected chi connectivity index (χ2v) is 28.4. The minimum absolute atomic E-state index is 0.0585. The average Bonchev–Trinajstić information content (AvgIpc) is 1.37. The predicted molar refractivity (Wildman–Crippen MR) is 391 cm³/mol. The van der Waals surface area contributed by atoms with Crippen molar-refractivity contribution in [3.63, 3.8) is 0 Å². The van der Waals surface area contributed by atoms with Gasteiger partial charge in [0.25, 0.3) is 6.71 Å². The van der Waals surface area contributed by atoms with Crippen molar-refractivity contribution in [2.45, 2.75) is 75.9 Å². The molecule has 3 nitrogen and oxygen atoms in total. The zero-order valence-electron chi connectivity index (χ0n) is 53.6. The Bertz CT molecular complexity index is 5190. The van der Waals surface area contributed by atoms with Crippen LogP contribution in [0.2, 0.25) is 0 Å². The molecule has 2 heterocycles. The molecule has 0 saturated carbocycles. The fourth-order valence-electron chi connectivity index (χ4n) is 20.6. The maximum Gasteiger partial charge on any atom is 0.252 e. The maximum atomic E-state index is 2.80. The summed E-state index contributed by atoms with van der Waals surface area (Å²) >= 11 is 0. The van der Waals surface area contributed by atoms with Gasteiger partial charge in [-0.3, -0.25) is 0 Å². The molecule has 0 unspecified atom stereocenters. The van der Waals surface area contributed by atoms with Crippen LogP contribution >= 0.6 is 0 Å². The van der Waals surface area contributed by atoms with Crippen molar-refractivity contribution in [1.82, 2.24) is 0 Å². The third kappa shape index (κ3) is 5.98. The first-order valence-electron chi connectivity index (χ1n) is 34.1. The Morgan fingerprint density at radius 2 is 0.564 bits per heavy atom. The van der Waals surface area contributed by atoms with Crippen LogP contribution in [0.1, 0.15) is 108 Å². The highest BCUT2D eigenvalue weighted by Crippen LogP contribution is 2.69. The molecule has 0 bridgehead atoms. The van der Waals surface area contributed by atoms with E-state index in [1.807, 2.05) is 0 Å². The zero-order chi connectivity index (χ0) is 62.4. The van der Waals surface area contributed by atoms with Gasteiger partial charge in [0.15, 0.2) is 0 Å². The first-order chi connectivity index (χ1) is 46.2. The van der Waals surface area contributed by atoms with Gasteiger partial charge in [0.2, 0.25) is 0 Å². The highest BCUT2D eigenvalue weighted by Gasteiger charge is 2.58. The van der Waals surface area contributed by atoms with Crippen molar-refractivity contribution < 1.29 is 0 Å². The fraction of sp³-hybridized carbons (Fsp3) is 0.133. The largest absolute Gasteiger partial charge is 0.339 e. The van der Waals surface area contributed by atoms with Crippen molar-refractivity contribution in [1.29, 1.82) is 0 Å². The van der Waals surface area contributed by atoms with Crippen LogP contribution in [0.4, 0.5) is 34.1 Å². The maximum absolute atomic E-state index is 2.80. The van der Waals surface area contributed by atoms with E-state index in [4.69, 9.17) is 0 Å².